The van der Waals surface area contributed by atoms with Crippen LogP contribution in [0.25, 0.3) is 0 Å². The van der Waals surface area contributed by atoms with Crippen LogP contribution in [0.1, 0.15) is 33.1 Å². The maximum Gasteiger partial charge on any atom is 0.0497 e. The highest BCUT2D eigenvalue weighted by Gasteiger charge is 2.25. The van der Waals surface area contributed by atoms with Gasteiger partial charge < -0.3 is 4.90 Å². The van der Waals surface area contributed by atoms with E-state index in [2.05, 4.69) is 31.9 Å². The molecule has 0 spiro atoms. The molecular formula is C11H19N. The van der Waals surface area contributed by atoms with Crippen LogP contribution in [0, 0.1) is 0 Å². The van der Waals surface area contributed by atoms with Gasteiger partial charge in [0.05, 0.1) is 0 Å². The van der Waals surface area contributed by atoms with Gasteiger partial charge in [0.1, 0.15) is 0 Å². The molecule has 1 aliphatic heterocycles. The zero-order chi connectivity index (χ0) is 9.14. The van der Waals surface area contributed by atoms with E-state index in [1.807, 2.05) is 0 Å². The van der Waals surface area contributed by atoms with Crippen LogP contribution >= 0.6 is 0 Å². The first-order valence-corrected chi connectivity index (χ1v) is 4.76. The second-order valence-electron chi connectivity index (χ2n) is 3.66. The van der Waals surface area contributed by atoms with Crippen LogP contribution in [0.2, 0.25) is 0 Å². The van der Waals surface area contributed by atoms with Gasteiger partial charge in [0.2, 0.25) is 0 Å². The third kappa shape index (κ3) is 1.71. The molecule has 0 aromatic heterocycles. The first-order valence-electron chi connectivity index (χ1n) is 4.76. The quantitative estimate of drug-likeness (QED) is 0.581. The average Bonchev–Trinajstić information content (AvgIpc) is 2.34. The van der Waals surface area contributed by atoms with Gasteiger partial charge in [0, 0.05) is 18.3 Å². The van der Waals surface area contributed by atoms with Gasteiger partial charge in [-0.2, -0.15) is 0 Å². The summed E-state index contributed by atoms with van der Waals surface area (Å²) in [6, 6.07) is 0.567. The van der Waals surface area contributed by atoms with E-state index in [4.69, 9.17) is 0 Å². The molecule has 0 aromatic rings. The molecule has 12 heavy (non-hydrogen) atoms. The summed E-state index contributed by atoms with van der Waals surface area (Å²) >= 11 is 0. The zero-order valence-electron chi connectivity index (χ0n) is 8.27. The lowest BCUT2D eigenvalue weighted by Crippen LogP contribution is -2.29. The zero-order valence-corrected chi connectivity index (χ0v) is 8.27. The maximum atomic E-state index is 4.07. The van der Waals surface area contributed by atoms with Crippen molar-refractivity contribution in [3.05, 3.63) is 24.4 Å². The van der Waals surface area contributed by atoms with Gasteiger partial charge in [-0.3, -0.25) is 0 Å². The van der Waals surface area contributed by atoms with Crippen molar-refractivity contribution in [3.63, 3.8) is 0 Å². The Morgan fingerprint density at radius 3 is 2.83 bits per heavy atom. The van der Waals surface area contributed by atoms with E-state index in [0.29, 0.717) is 6.04 Å². The van der Waals surface area contributed by atoms with E-state index in [1.54, 1.807) is 0 Å². The Balaban J connectivity index is 2.63. The molecule has 0 aromatic carbocycles. The molecule has 0 aliphatic carbocycles. The molecule has 0 saturated carbocycles. The number of likely N-dealkylation sites (tertiary alicyclic amines) is 1. The molecule has 1 heterocycles. The SMILES string of the molecule is C=C(C)C1CCC(=C)N1CCC. The highest BCUT2D eigenvalue weighted by molar-refractivity contribution is 5.14. The molecule has 1 unspecified atom stereocenters. The van der Waals surface area contributed by atoms with E-state index >= 15 is 0 Å². The summed E-state index contributed by atoms with van der Waals surface area (Å²) < 4.78 is 0. The Hall–Kier alpha value is -0.720. The summed E-state index contributed by atoms with van der Waals surface area (Å²) in [5.74, 6) is 0. The van der Waals surface area contributed by atoms with Crippen LogP contribution in [0.3, 0.4) is 0 Å². The minimum absolute atomic E-state index is 0.567. The van der Waals surface area contributed by atoms with Crippen molar-refractivity contribution in [3.8, 4) is 0 Å². The number of nitrogens with zero attached hydrogens (tertiary/aromatic N) is 1. The second-order valence-corrected chi connectivity index (χ2v) is 3.66. The van der Waals surface area contributed by atoms with Crippen LogP contribution in [0.4, 0.5) is 0 Å². The smallest absolute Gasteiger partial charge is 0.0497 e. The summed E-state index contributed by atoms with van der Waals surface area (Å²) in [6.45, 7) is 13.6. The third-order valence-corrected chi connectivity index (χ3v) is 2.52. The molecule has 0 radical (unpaired) electrons. The predicted molar refractivity (Wildman–Crippen MR) is 54.0 cm³/mol. The van der Waals surface area contributed by atoms with Gasteiger partial charge in [-0.25, -0.2) is 0 Å². The van der Waals surface area contributed by atoms with Crippen molar-refractivity contribution in [2.24, 2.45) is 0 Å². The molecule has 1 atom stereocenters. The number of allylic oxidation sites excluding steroid dienone is 1. The second kappa shape index (κ2) is 3.79. The molecule has 1 fully saturated rings. The lowest BCUT2D eigenvalue weighted by molar-refractivity contribution is 0.326. The molecule has 1 aliphatic rings. The first-order chi connectivity index (χ1) is 5.66. The summed E-state index contributed by atoms with van der Waals surface area (Å²) in [5.41, 5.74) is 2.58. The highest BCUT2D eigenvalue weighted by Crippen LogP contribution is 2.29. The minimum atomic E-state index is 0.567. The largest absolute Gasteiger partial charge is 0.369 e. The Morgan fingerprint density at radius 1 is 1.67 bits per heavy atom. The Morgan fingerprint density at radius 2 is 2.33 bits per heavy atom. The molecule has 0 bridgehead atoms. The number of hydrogen-bond acceptors (Lipinski definition) is 1. The van der Waals surface area contributed by atoms with Crippen molar-refractivity contribution >= 4 is 0 Å². The molecule has 1 saturated heterocycles. The van der Waals surface area contributed by atoms with Gasteiger partial charge in [-0.05, 0) is 26.2 Å². The fourth-order valence-electron chi connectivity index (χ4n) is 1.89. The first kappa shape index (κ1) is 9.37. The lowest BCUT2D eigenvalue weighted by atomic mass is 10.1. The van der Waals surface area contributed by atoms with Crippen molar-refractivity contribution in [2.75, 3.05) is 6.54 Å². The Bertz CT molecular complexity index is 193. The summed E-state index contributed by atoms with van der Waals surface area (Å²) in [6.07, 6.45) is 3.56. The minimum Gasteiger partial charge on any atom is -0.369 e. The van der Waals surface area contributed by atoms with Crippen LogP contribution in [-0.4, -0.2) is 17.5 Å². The number of hydrogen-bond donors (Lipinski definition) is 0. The average molecular weight is 165 g/mol. The Labute approximate surface area is 75.8 Å². The van der Waals surface area contributed by atoms with Crippen LogP contribution in [0.15, 0.2) is 24.4 Å². The number of rotatable bonds is 3. The predicted octanol–water partition coefficient (Wildman–Crippen LogP) is 2.95. The molecule has 0 amide bonds. The van der Waals surface area contributed by atoms with E-state index in [-0.39, 0.29) is 0 Å². The van der Waals surface area contributed by atoms with E-state index in [0.717, 1.165) is 13.0 Å². The standard InChI is InChI=1S/C11H19N/c1-5-8-12-10(4)6-7-11(12)9(2)3/h11H,2,4-8H2,1,3H3. The van der Waals surface area contributed by atoms with Gasteiger partial charge in [0.15, 0.2) is 0 Å². The van der Waals surface area contributed by atoms with Crippen molar-refractivity contribution in [1.82, 2.24) is 4.90 Å². The third-order valence-electron chi connectivity index (χ3n) is 2.52. The molecule has 1 nitrogen and oxygen atoms in total. The van der Waals surface area contributed by atoms with Crippen molar-refractivity contribution < 1.29 is 0 Å². The van der Waals surface area contributed by atoms with E-state index < -0.39 is 0 Å². The van der Waals surface area contributed by atoms with E-state index in [9.17, 15) is 0 Å². The summed E-state index contributed by atoms with van der Waals surface area (Å²) in [4.78, 5) is 2.41. The lowest BCUT2D eigenvalue weighted by Gasteiger charge is -2.27. The fourth-order valence-corrected chi connectivity index (χ4v) is 1.89. The highest BCUT2D eigenvalue weighted by atomic mass is 15.2. The van der Waals surface area contributed by atoms with Crippen LogP contribution < -0.4 is 0 Å². The molecule has 1 heteroatoms. The fraction of sp³-hybridized carbons (Fsp3) is 0.636. The van der Waals surface area contributed by atoms with Crippen LogP contribution in [-0.2, 0) is 0 Å². The maximum absolute atomic E-state index is 4.07. The van der Waals surface area contributed by atoms with Crippen molar-refractivity contribution in [1.29, 1.82) is 0 Å². The van der Waals surface area contributed by atoms with Gasteiger partial charge >= 0.3 is 0 Å². The van der Waals surface area contributed by atoms with Gasteiger partial charge in [0.25, 0.3) is 0 Å². The van der Waals surface area contributed by atoms with Gasteiger partial charge in [-0.15, -0.1) is 0 Å². The molecular weight excluding hydrogens is 146 g/mol. The molecule has 0 N–H and O–H groups in total. The topological polar surface area (TPSA) is 3.24 Å². The summed E-state index contributed by atoms with van der Waals surface area (Å²) in [7, 11) is 0. The van der Waals surface area contributed by atoms with E-state index in [1.165, 1.54) is 24.1 Å². The monoisotopic (exact) mass is 165 g/mol. The Kier molecular flexibility index (Phi) is 2.96. The molecule has 1 rings (SSSR count). The van der Waals surface area contributed by atoms with Crippen LogP contribution in [0.5, 0.6) is 0 Å². The molecule has 68 valence electrons. The summed E-state index contributed by atoms with van der Waals surface area (Å²) in [5, 5.41) is 0. The van der Waals surface area contributed by atoms with Crippen molar-refractivity contribution in [2.45, 2.75) is 39.2 Å². The normalized spacial score (nSPS) is 23.3. The van der Waals surface area contributed by atoms with Gasteiger partial charge in [-0.1, -0.05) is 25.7 Å².